The Labute approximate surface area is 128 Å². The summed E-state index contributed by atoms with van der Waals surface area (Å²) < 4.78 is 0. The van der Waals surface area contributed by atoms with Gasteiger partial charge in [-0.1, -0.05) is 36.4 Å². The third kappa shape index (κ3) is 2.39. The zero-order chi connectivity index (χ0) is 15.0. The van der Waals surface area contributed by atoms with Crippen molar-refractivity contribution in [1.29, 1.82) is 0 Å². The predicted octanol–water partition coefficient (Wildman–Crippen LogP) is 4.40. The first-order valence-electron chi connectivity index (χ1n) is 7.55. The van der Waals surface area contributed by atoms with Gasteiger partial charge in [0.15, 0.2) is 0 Å². The van der Waals surface area contributed by atoms with Crippen LogP contribution in [0.3, 0.4) is 0 Å². The van der Waals surface area contributed by atoms with Crippen molar-refractivity contribution < 1.29 is 0 Å². The molecular weight excluding hydrogens is 256 g/mol. The van der Waals surface area contributed by atoms with Crippen LogP contribution in [0.15, 0.2) is 48.5 Å². The zero-order valence-corrected chi connectivity index (χ0v) is 13.2. The lowest BCUT2D eigenvalue weighted by atomic mass is 10.1. The van der Waals surface area contributed by atoms with Crippen LogP contribution in [-0.4, -0.2) is 12.1 Å². The van der Waals surface area contributed by atoms with Crippen molar-refractivity contribution in [2.24, 2.45) is 0 Å². The van der Waals surface area contributed by atoms with Crippen LogP contribution >= 0.6 is 0 Å². The number of rotatable bonds is 2. The van der Waals surface area contributed by atoms with E-state index in [0.29, 0.717) is 12.1 Å². The lowest BCUT2D eigenvalue weighted by Crippen LogP contribution is -2.32. The number of hydrogen-bond acceptors (Lipinski definition) is 2. The second-order valence-electron chi connectivity index (χ2n) is 5.89. The SMILES string of the molecule is Cc1ccccc1N1[C]N(c2ccccc2C)[C@@H](C)[C@H]1C. The number of hydrogen-bond donors (Lipinski definition) is 0. The van der Waals surface area contributed by atoms with Gasteiger partial charge in [-0.2, -0.15) is 0 Å². The van der Waals surface area contributed by atoms with Crippen LogP contribution in [0, 0.1) is 20.5 Å². The molecule has 1 aliphatic heterocycles. The predicted molar refractivity (Wildman–Crippen MR) is 89.5 cm³/mol. The summed E-state index contributed by atoms with van der Waals surface area (Å²) >= 11 is 0. The summed E-state index contributed by atoms with van der Waals surface area (Å²) in [5.74, 6) is 0. The second kappa shape index (κ2) is 5.44. The smallest absolute Gasteiger partial charge is 0.209 e. The molecule has 1 aliphatic rings. The first-order chi connectivity index (χ1) is 10.1. The van der Waals surface area contributed by atoms with Gasteiger partial charge in [0, 0.05) is 23.5 Å². The van der Waals surface area contributed by atoms with Crippen molar-refractivity contribution in [2.45, 2.75) is 39.8 Å². The fourth-order valence-electron chi connectivity index (χ4n) is 2.94. The highest BCUT2D eigenvalue weighted by atomic mass is 15.4. The maximum Gasteiger partial charge on any atom is 0.209 e. The minimum Gasteiger partial charge on any atom is -0.336 e. The molecule has 0 aliphatic carbocycles. The highest BCUT2D eigenvalue weighted by Crippen LogP contribution is 2.36. The Morgan fingerprint density at radius 2 is 1.10 bits per heavy atom. The van der Waals surface area contributed by atoms with Crippen molar-refractivity contribution >= 4 is 11.4 Å². The Kier molecular flexibility index (Phi) is 3.62. The second-order valence-corrected chi connectivity index (χ2v) is 5.89. The van der Waals surface area contributed by atoms with E-state index in [1.165, 1.54) is 22.5 Å². The van der Waals surface area contributed by atoms with Gasteiger partial charge < -0.3 is 9.80 Å². The van der Waals surface area contributed by atoms with Crippen LogP contribution in [0.4, 0.5) is 11.4 Å². The fourth-order valence-corrected chi connectivity index (χ4v) is 2.94. The Morgan fingerprint density at radius 3 is 1.48 bits per heavy atom. The first kappa shape index (κ1) is 14.0. The van der Waals surface area contributed by atoms with Gasteiger partial charge in [0.05, 0.1) is 0 Å². The van der Waals surface area contributed by atoms with E-state index in [0.717, 1.165) is 0 Å². The molecule has 108 valence electrons. The van der Waals surface area contributed by atoms with Gasteiger partial charge in [0.25, 0.3) is 0 Å². The lowest BCUT2D eigenvalue weighted by molar-refractivity contribution is 0.645. The lowest BCUT2D eigenvalue weighted by Gasteiger charge is -2.24. The van der Waals surface area contributed by atoms with Crippen LogP contribution < -0.4 is 9.80 Å². The van der Waals surface area contributed by atoms with Gasteiger partial charge >= 0.3 is 0 Å². The largest absolute Gasteiger partial charge is 0.336 e. The maximum absolute atomic E-state index is 3.57. The van der Waals surface area contributed by atoms with Gasteiger partial charge in [-0.05, 0) is 51.0 Å². The number of anilines is 2. The van der Waals surface area contributed by atoms with E-state index in [1.54, 1.807) is 0 Å². The highest BCUT2D eigenvalue weighted by Gasteiger charge is 2.36. The molecule has 1 heterocycles. The van der Waals surface area contributed by atoms with Crippen molar-refractivity contribution in [1.82, 2.24) is 0 Å². The van der Waals surface area contributed by atoms with Crippen molar-refractivity contribution in [3.05, 3.63) is 66.3 Å². The van der Waals surface area contributed by atoms with Crippen molar-refractivity contribution in [3.63, 3.8) is 0 Å². The molecule has 21 heavy (non-hydrogen) atoms. The molecule has 2 radical (unpaired) electrons. The molecule has 1 saturated heterocycles. The number of nitrogens with zero attached hydrogens (tertiary/aromatic N) is 2. The molecule has 0 aromatic heterocycles. The molecule has 2 atom stereocenters. The first-order valence-corrected chi connectivity index (χ1v) is 7.55. The van der Waals surface area contributed by atoms with E-state index in [4.69, 9.17) is 0 Å². The molecule has 0 saturated carbocycles. The zero-order valence-electron chi connectivity index (χ0n) is 13.2. The van der Waals surface area contributed by atoms with E-state index < -0.39 is 0 Å². The molecule has 2 heteroatoms. The molecule has 3 rings (SSSR count). The van der Waals surface area contributed by atoms with E-state index in [2.05, 4.69) is 92.7 Å². The normalized spacial score (nSPS) is 21.9. The molecule has 2 aromatic rings. The summed E-state index contributed by atoms with van der Waals surface area (Å²) in [4.78, 5) is 4.54. The molecule has 0 spiro atoms. The average molecular weight is 278 g/mol. The monoisotopic (exact) mass is 278 g/mol. The van der Waals surface area contributed by atoms with Crippen molar-refractivity contribution in [3.8, 4) is 0 Å². The Hall–Kier alpha value is -1.96. The van der Waals surface area contributed by atoms with Gasteiger partial charge in [-0.15, -0.1) is 0 Å². The topological polar surface area (TPSA) is 6.48 Å². The highest BCUT2D eigenvalue weighted by molar-refractivity contribution is 5.64. The molecular formula is C19H22N2. The Morgan fingerprint density at radius 1 is 0.714 bits per heavy atom. The molecule has 0 unspecified atom stereocenters. The summed E-state index contributed by atoms with van der Waals surface area (Å²) in [5, 5.41) is 0. The summed E-state index contributed by atoms with van der Waals surface area (Å²) in [5.41, 5.74) is 5.06. The van der Waals surface area contributed by atoms with E-state index in [9.17, 15) is 0 Å². The summed E-state index contributed by atoms with van der Waals surface area (Å²) in [7, 11) is 0. The Bertz CT molecular complexity index is 579. The van der Waals surface area contributed by atoms with Crippen LogP contribution in [0.1, 0.15) is 25.0 Å². The van der Waals surface area contributed by atoms with Gasteiger partial charge in [-0.25, -0.2) is 0 Å². The Balaban J connectivity index is 1.95. The number of aryl methyl sites for hydroxylation is 2. The van der Waals surface area contributed by atoms with Gasteiger partial charge in [-0.3, -0.25) is 0 Å². The van der Waals surface area contributed by atoms with E-state index in [1.807, 2.05) is 0 Å². The van der Waals surface area contributed by atoms with Gasteiger partial charge in [0.2, 0.25) is 6.67 Å². The van der Waals surface area contributed by atoms with Crippen LogP contribution in [-0.2, 0) is 0 Å². The summed E-state index contributed by atoms with van der Waals surface area (Å²) in [6, 6.07) is 17.8. The summed E-state index contributed by atoms with van der Waals surface area (Å²) in [6.07, 6.45) is 0. The standard InChI is InChI=1S/C19H22N2/c1-14-9-5-7-11-18(14)20-13-21(17(4)16(20)3)19-12-8-6-10-15(19)2/h5-12,16-17H,1-4H3/t16-,17+. The molecule has 0 amide bonds. The third-order valence-corrected chi connectivity index (χ3v) is 4.48. The quantitative estimate of drug-likeness (QED) is 0.803. The fraction of sp³-hybridized carbons (Fsp3) is 0.316. The van der Waals surface area contributed by atoms with Gasteiger partial charge in [0.1, 0.15) is 0 Å². The number of para-hydroxylation sites is 2. The molecule has 0 bridgehead atoms. The van der Waals surface area contributed by atoms with Crippen LogP contribution in [0.25, 0.3) is 0 Å². The van der Waals surface area contributed by atoms with Crippen molar-refractivity contribution in [2.75, 3.05) is 9.80 Å². The molecule has 0 N–H and O–H groups in total. The average Bonchev–Trinajstić information content (AvgIpc) is 2.77. The van der Waals surface area contributed by atoms with E-state index in [-0.39, 0.29) is 0 Å². The third-order valence-electron chi connectivity index (χ3n) is 4.48. The molecule has 2 nitrogen and oxygen atoms in total. The minimum absolute atomic E-state index is 0.394. The molecule has 2 aromatic carbocycles. The molecule has 1 fully saturated rings. The number of benzene rings is 2. The summed E-state index contributed by atoms with van der Waals surface area (Å²) in [6.45, 7) is 12.4. The maximum atomic E-state index is 3.57. The van der Waals surface area contributed by atoms with Crippen LogP contribution in [0.5, 0.6) is 0 Å². The van der Waals surface area contributed by atoms with E-state index >= 15 is 0 Å². The minimum atomic E-state index is 0.394. The van der Waals surface area contributed by atoms with Crippen LogP contribution in [0.2, 0.25) is 0 Å².